The molecule has 3 heteroatoms. The molecule has 0 amide bonds. The minimum absolute atomic E-state index is 0.0117. The van der Waals surface area contributed by atoms with Crippen LogP contribution in [0.1, 0.15) is 71.6 Å². The third kappa shape index (κ3) is 2.14. The highest BCUT2D eigenvalue weighted by molar-refractivity contribution is 5.87. The van der Waals surface area contributed by atoms with Gasteiger partial charge in [0.05, 0.1) is 0 Å². The average molecular weight is 318 g/mol. The maximum absolute atomic E-state index is 12.4. The maximum atomic E-state index is 12.4. The van der Waals surface area contributed by atoms with Gasteiger partial charge in [-0.25, -0.2) is 0 Å². The zero-order valence-electron chi connectivity index (χ0n) is 14.6. The summed E-state index contributed by atoms with van der Waals surface area (Å²) in [5, 5.41) is 0. The molecule has 0 heterocycles. The lowest BCUT2D eigenvalue weighted by Crippen LogP contribution is -2.54. The number of rotatable bonds is 2. The molecule has 4 aliphatic rings. The van der Waals surface area contributed by atoms with Gasteiger partial charge >= 0.3 is 0 Å². The summed E-state index contributed by atoms with van der Waals surface area (Å²) < 4.78 is 5.29. The Kier molecular flexibility index (Phi) is 3.62. The van der Waals surface area contributed by atoms with Crippen molar-refractivity contribution in [3.8, 4) is 0 Å². The first-order valence-electron chi connectivity index (χ1n) is 9.61. The lowest BCUT2D eigenvalue weighted by atomic mass is 9.45. The summed E-state index contributed by atoms with van der Waals surface area (Å²) in [4.78, 5) is 23.1. The minimum Gasteiger partial charge on any atom is -0.465 e. The van der Waals surface area contributed by atoms with Crippen molar-refractivity contribution in [3.05, 3.63) is 0 Å². The van der Waals surface area contributed by atoms with E-state index in [-0.39, 0.29) is 11.5 Å². The van der Waals surface area contributed by atoms with Crippen LogP contribution < -0.4 is 0 Å². The maximum Gasteiger partial charge on any atom is 0.293 e. The van der Waals surface area contributed by atoms with Crippen molar-refractivity contribution in [2.24, 2.45) is 34.5 Å². The van der Waals surface area contributed by atoms with Crippen LogP contribution >= 0.6 is 0 Å². The lowest BCUT2D eigenvalue weighted by molar-refractivity contribution is -0.151. The van der Waals surface area contributed by atoms with Gasteiger partial charge in [0.15, 0.2) is 0 Å². The summed E-state index contributed by atoms with van der Waals surface area (Å²) in [6, 6.07) is 0. The van der Waals surface area contributed by atoms with Crippen molar-refractivity contribution in [1.29, 1.82) is 0 Å². The van der Waals surface area contributed by atoms with Gasteiger partial charge in [0, 0.05) is 11.8 Å². The van der Waals surface area contributed by atoms with Crippen LogP contribution in [-0.2, 0) is 14.3 Å². The third-order valence-electron chi connectivity index (χ3n) is 8.57. The normalized spacial score (nSPS) is 52.3. The van der Waals surface area contributed by atoms with E-state index in [0.29, 0.717) is 29.5 Å². The Bertz CT molecular complexity index is 515. The highest BCUT2D eigenvalue weighted by Crippen LogP contribution is 2.65. The minimum atomic E-state index is -0.0117. The second-order valence-electron chi connectivity index (χ2n) is 9.20. The fourth-order valence-electron chi connectivity index (χ4n) is 7.19. The Labute approximate surface area is 139 Å². The Morgan fingerprint density at radius 1 is 1.04 bits per heavy atom. The average Bonchev–Trinajstić information content (AvgIpc) is 2.84. The van der Waals surface area contributed by atoms with E-state index in [0.717, 1.165) is 43.9 Å². The van der Waals surface area contributed by atoms with Crippen LogP contribution in [0, 0.1) is 34.5 Å². The molecule has 4 rings (SSSR count). The van der Waals surface area contributed by atoms with Gasteiger partial charge in [-0.05, 0) is 80.5 Å². The van der Waals surface area contributed by atoms with Crippen LogP contribution in [0.2, 0.25) is 0 Å². The molecule has 0 radical (unpaired) electrons. The van der Waals surface area contributed by atoms with Gasteiger partial charge in [0.2, 0.25) is 0 Å². The zero-order valence-corrected chi connectivity index (χ0v) is 14.6. The molecule has 7 atom stereocenters. The number of ketones is 1. The second kappa shape index (κ2) is 5.32. The Morgan fingerprint density at radius 2 is 1.87 bits per heavy atom. The van der Waals surface area contributed by atoms with E-state index in [9.17, 15) is 9.59 Å². The topological polar surface area (TPSA) is 43.4 Å². The first-order chi connectivity index (χ1) is 11.0. The van der Waals surface area contributed by atoms with Gasteiger partial charge in [0.25, 0.3) is 6.47 Å². The van der Waals surface area contributed by atoms with Crippen molar-refractivity contribution in [3.63, 3.8) is 0 Å². The van der Waals surface area contributed by atoms with Gasteiger partial charge in [-0.3, -0.25) is 9.59 Å². The first kappa shape index (κ1) is 15.7. The van der Waals surface area contributed by atoms with Crippen LogP contribution in [0.25, 0.3) is 0 Å². The number of fused-ring (bicyclic) bond motifs is 5. The number of hydrogen-bond donors (Lipinski definition) is 0. The van der Waals surface area contributed by atoms with Gasteiger partial charge in [0.1, 0.15) is 11.9 Å². The molecule has 0 N–H and O–H groups in total. The highest BCUT2D eigenvalue weighted by atomic mass is 16.5. The molecule has 0 aromatic heterocycles. The van der Waals surface area contributed by atoms with Crippen LogP contribution in [0.4, 0.5) is 0 Å². The Balaban J connectivity index is 1.57. The van der Waals surface area contributed by atoms with Gasteiger partial charge in [-0.15, -0.1) is 0 Å². The molecule has 2 unspecified atom stereocenters. The summed E-state index contributed by atoms with van der Waals surface area (Å²) in [7, 11) is 0. The molecule has 0 spiro atoms. The number of carbonyl (C=O) groups excluding carboxylic acids is 2. The zero-order chi connectivity index (χ0) is 16.2. The van der Waals surface area contributed by atoms with Crippen LogP contribution in [0.3, 0.4) is 0 Å². The highest BCUT2D eigenvalue weighted by Gasteiger charge is 2.60. The van der Waals surface area contributed by atoms with Crippen LogP contribution in [0.5, 0.6) is 0 Å². The van der Waals surface area contributed by atoms with Crippen molar-refractivity contribution < 1.29 is 14.3 Å². The standard InChI is InChI=1S/C20H30O3/c1-19-9-7-14(23-12-21)11-13(19)3-4-15-16-5-6-18(22)20(16,2)10-8-17(15)19/h12-17H,3-11H2,1-2H3/t13?,14?,15-,16-,17-,19-,20-/m0/s1. The quantitative estimate of drug-likeness (QED) is 0.719. The predicted octanol–water partition coefficient (Wildman–Crippen LogP) is 4.14. The first-order valence-corrected chi connectivity index (χ1v) is 9.61. The summed E-state index contributed by atoms with van der Waals surface area (Å²) in [5.41, 5.74) is 0.390. The van der Waals surface area contributed by atoms with Crippen LogP contribution in [0.15, 0.2) is 0 Å². The summed E-state index contributed by atoms with van der Waals surface area (Å²) in [6.07, 6.45) is 10.2. The molecule has 3 nitrogen and oxygen atoms in total. The molecule has 0 bridgehead atoms. The second-order valence-corrected chi connectivity index (χ2v) is 9.20. The lowest BCUT2D eigenvalue weighted by Gasteiger charge is -2.60. The smallest absolute Gasteiger partial charge is 0.293 e. The number of ether oxygens (including phenoxy) is 1. The van der Waals surface area contributed by atoms with Crippen molar-refractivity contribution in [1.82, 2.24) is 0 Å². The monoisotopic (exact) mass is 318 g/mol. The van der Waals surface area contributed by atoms with E-state index in [2.05, 4.69) is 13.8 Å². The molecular weight excluding hydrogens is 288 g/mol. The molecule has 4 aliphatic carbocycles. The Morgan fingerprint density at radius 3 is 2.65 bits per heavy atom. The third-order valence-corrected chi connectivity index (χ3v) is 8.57. The van der Waals surface area contributed by atoms with Gasteiger partial charge in [-0.1, -0.05) is 13.8 Å². The molecule has 0 aromatic rings. The molecule has 0 aliphatic heterocycles. The predicted molar refractivity (Wildman–Crippen MR) is 87.7 cm³/mol. The summed E-state index contributed by atoms with van der Waals surface area (Å²) >= 11 is 0. The van der Waals surface area contributed by atoms with E-state index in [1.165, 1.54) is 25.7 Å². The van der Waals surface area contributed by atoms with E-state index >= 15 is 0 Å². The van der Waals surface area contributed by atoms with Crippen molar-refractivity contribution >= 4 is 12.3 Å². The largest absolute Gasteiger partial charge is 0.465 e. The van der Waals surface area contributed by atoms with Gasteiger partial charge in [-0.2, -0.15) is 0 Å². The molecule has 128 valence electrons. The van der Waals surface area contributed by atoms with Gasteiger partial charge < -0.3 is 4.74 Å². The summed E-state index contributed by atoms with van der Waals surface area (Å²) in [6.45, 7) is 5.40. The van der Waals surface area contributed by atoms with Crippen LogP contribution in [-0.4, -0.2) is 18.4 Å². The summed E-state index contributed by atoms with van der Waals surface area (Å²) in [5.74, 6) is 3.41. The fourth-order valence-corrected chi connectivity index (χ4v) is 7.19. The molecule has 23 heavy (non-hydrogen) atoms. The number of Topliss-reactive ketones (excluding diaryl/α,β-unsaturated/α-hetero) is 1. The van der Waals surface area contributed by atoms with E-state index in [4.69, 9.17) is 4.74 Å². The number of hydrogen-bond acceptors (Lipinski definition) is 3. The Hall–Kier alpha value is -0.860. The van der Waals surface area contributed by atoms with E-state index in [1.54, 1.807) is 0 Å². The van der Waals surface area contributed by atoms with E-state index in [1.807, 2.05) is 0 Å². The molecule has 4 saturated carbocycles. The SMILES string of the molecule is C[C@]12CCC(OC=O)CC1CC[C@@H]1[C@@H]2CC[C@]2(C)C(=O)CC[C@@H]12. The van der Waals surface area contributed by atoms with Crippen molar-refractivity contribution in [2.45, 2.75) is 77.7 Å². The van der Waals surface area contributed by atoms with E-state index < -0.39 is 0 Å². The molecule has 0 saturated heterocycles. The fraction of sp³-hybridized carbons (Fsp3) is 0.900. The molecule has 0 aromatic carbocycles. The molecule has 4 fully saturated rings. The molecular formula is C20H30O3. The number of carbonyl (C=O) groups is 2. The van der Waals surface area contributed by atoms with Crippen molar-refractivity contribution in [2.75, 3.05) is 0 Å².